The first-order valence-electron chi connectivity index (χ1n) is 17.8. The van der Waals surface area contributed by atoms with E-state index in [-0.39, 0.29) is 19.6 Å². The molecule has 0 aliphatic carbocycles. The maximum atomic E-state index is 12.7. The fourth-order valence-electron chi connectivity index (χ4n) is 6.25. The number of rotatable bonds is 4. The Morgan fingerprint density at radius 2 is 1.04 bits per heavy atom. The van der Waals surface area contributed by atoms with E-state index in [1.807, 2.05) is 0 Å². The van der Waals surface area contributed by atoms with Crippen LogP contribution in [0, 0.1) is 0 Å². The molecule has 4 N–H and O–H groups in total. The number of hydrogen-bond acceptors (Lipinski definition) is 14. The molecule has 10 atom stereocenters. The molecule has 0 aromatic carbocycles. The van der Waals surface area contributed by atoms with E-state index in [9.17, 15) is 34.8 Å². The maximum absolute atomic E-state index is 12.7. The molecule has 0 saturated carbocycles. The van der Waals surface area contributed by atoms with Crippen molar-refractivity contribution in [3.8, 4) is 0 Å². The van der Waals surface area contributed by atoms with Gasteiger partial charge < -0.3 is 53.6 Å². The summed E-state index contributed by atoms with van der Waals surface area (Å²) in [5, 5.41) is 44.0. The Balaban J connectivity index is 1.75. The van der Waals surface area contributed by atoms with Gasteiger partial charge >= 0.3 is 17.9 Å². The summed E-state index contributed by atoms with van der Waals surface area (Å²) in [4.78, 5) is 35.8. The van der Waals surface area contributed by atoms with Crippen LogP contribution in [0.1, 0.15) is 117 Å². The number of esters is 3. The Morgan fingerprint density at radius 3 is 1.58 bits per heavy atom. The van der Waals surface area contributed by atoms with Crippen LogP contribution >= 0.6 is 0 Å². The van der Waals surface area contributed by atoms with Crippen LogP contribution < -0.4 is 0 Å². The van der Waals surface area contributed by atoms with Gasteiger partial charge in [-0.3, -0.25) is 14.4 Å². The Morgan fingerprint density at radius 1 is 0.583 bits per heavy atom. The molecule has 2 bridgehead atoms. The van der Waals surface area contributed by atoms with Gasteiger partial charge in [0.25, 0.3) is 0 Å². The number of ether oxygens (including phenoxy) is 7. The average molecular weight is 691 g/mol. The number of aliphatic hydroxyl groups excluding tert-OH is 4. The summed E-state index contributed by atoms with van der Waals surface area (Å²) >= 11 is 0. The smallest absolute Gasteiger partial charge is 0.306 e. The third-order valence-electron chi connectivity index (χ3n) is 9.05. The Bertz CT molecular complexity index is 949. The largest absolute Gasteiger partial charge is 0.463 e. The zero-order chi connectivity index (χ0) is 34.9. The van der Waals surface area contributed by atoms with E-state index < -0.39 is 85.9 Å². The highest BCUT2D eigenvalue weighted by Crippen LogP contribution is 2.31. The number of carbonyl (C=O) groups excluding carboxylic acids is 3. The Labute approximate surface area is 283 Å². The monoisotopic (exact) mass is 690 g/mol. The summed E-state index contributed by atoms with van der Waals surface area (Å²) in [6, 6.07) is 0. The van der Waals surface area contributed by atoms with Gasteiger partial charge in [-0.25, -0.2) is 0 Å². The summed E-state index contributed by atoms with van der Waals surface area (Å²) in [7, 11) is 0. The van der Waals surface area contributed by atoms with Crippen molar-refractivity contribution < 1.29 is 68.0 Å². The van der Waals surface area contributed by atoms with Crippen LogP contribution in [0.15, 0.2) is 0 Å². The van der Waals surface area contributed by atoms with Gasteiger partial charge in [0, 0.05) is 26.9 Å². The first-order chi connectivity index (χ1) is 23.1. The van der Waals surface area contributed by atoms with Gasteiger partial charge in [0.1, 0.15) is 55.9 Å². The van der Waals surface area contributed by atoms with E-state index >= 15 is 0 Å². The molecule has 4 aliphatic heterocycles. The van der Waals surface area contributed by atoms with Gasteiger partial charge in [-0.2, -0.15) is 0 Å². The van der Waals surface area contributed by atoms with Crippen LogP contribution in [0.3, 0.4) is 0 Å². The first kappa shape index (κ1) is 40.5. The molecule has 48 heavy (non-hydrogen) atoms. The van der Waals surface area contributed by atoms with E-state index in [4.69, 9.17) is 33.2 Å². The molecule has 278 valence electrons. The van der Waals surface area contributed by atoms with Crippen molar-refractivity contribution in [3.63, 3.8) is 0 Å². The lowest BCUT2D eigenvalue weighted by Crippen LogP contribution is -2.65. The van der Waals surface area contributed by atoms with Crippen LogP contribution in [0.25, 0.3) is 0 Å². The summed E-state index contributed by atoms with van der Waals surface area (Å²) in [5.74, 6) is -1.84. The van der Waals surface area contributed by atoms with Crippen LogP contribution in [0.2, 0.25) is 0 Å². The van der Waals surface area contributed by atoms with E-state index in [0.29, 0.717) is 12.8 Å². The normalized spacial score (nSPS) is 36.2. The Hall–Kier alpha value is -1.91. The van der Waals surface area contributed by atoms with Gasteiger partial charge in [-0.1, -0.05) is 83.5 Å². The van der Waals surface area contributed by atoms with Gasteiger partial charge in [0.15, 0.2) is 18.7 Å². The van der Waals surface area contributed by atoms with Gasteiger partial charge in [0.05, 0.1) is 0 Å². The molecular formula is C34H58O14. The number of fused-ring (bicyclic) bond motifs is 21. The second kappa shape index (κ2) is 22.0. The number of hydrogen-bond donors (Lipinski definition) is 4. The van der Waals surface area contributed by atoms with E-state index in [2.05, 4.69) is 0 Å². The minimum atomic E-state index is -1.78. The van der Waals surface area contributed by atoms with Crippen LogP contribution in [0.4, 0.5) is 0 Å². The van der Waals surface area contributed by atoms with Crippen molar-refractivity contribution >= 4 is 17.9 Å². The van der Waals surface area contributed by atoms with Crippen molar-refractivity contribution in [2.45, 2.75) is 178 Å². The molecule has 4 fully saturated rings. The zero-order valence-electron chi connectivity index (χ0n) is 28.6. The molecule has 0 amide bonds. The number of carbonyl (C=O) groups is 3. The van der Waals surface area contributed by atoms with E-state index in [0.717, 1.165) is 38.5 Å². The lowest BCUT2D eigenvalue weighted by atomic mass is 9.97. The van der Waals surface area contributed by atoms with Crippen LogP contribution in [-0.4, -0.2) is 120 Å². The van der Waals surface area contributed by atoms with Crippen molar-refractivity contribution in [1.29, 1.82) is 0 Å². The molecular weight excluding hydrogens is 632 g/mol. The summed E-state index contributed by atoms with van der Waals surface area (Å²) in [6.45, 7) is 1.85. The predicted octanol–water partition coefficient (Wildman–Crippen LogP) is 2.57. The molecule has 4 heterocycles. The van der Waals surface area contributed by atoms with Crippen molar-refractivity contribution in [2.24, 2.45) is 0 Å². The third-order valence-corrected chi connectivity index (χ3v) is 9.05. The fraction of sp³-hybridized carbons (Fsp3) is 0.912. The van der Waals surface area contributed by atoms with Crippen molar-refractivity contribution in [1.82, 2.24) is 0 Å². The molecule has 0 radical (unpaired) electrons. The number of aliphatic hydroxyl groups is 4. The summed E-state index contributed by atoms with van der Waals surface area (Å²) < 4.78 is 39.3. The average Bonchev–Trinajstić information content (AvgIpc) is 3.04. The van der Waals surface area contributed by atoms with Gasteiger partial charge in [-0.15, -0.1) is 0 Å². The van der Waals surface area contributed by atoms with Crippen molar-refractivity contribution in [2.75, 3.05) is 19.8 Å². The topological polar surface area (TPSA) is 197 Å². The standard InChI is InChI=1S/C34H58O14/c1-22(35)43-20-24-27(38)28(39)32-34(45-24)42-19-17-15-13-11-9-7-5-3-4-6-8-10-12-14-16-18-26(37)47-31-25(21-44-23(2)36)46-33(48-32)30(41)29(31)40/h24-25,27-34,38-41H,3-21H2,1-2H3/t24-,25-,27-,28+,29-,30-,31-,32-,33+,34-/m1/s1. The minimum absolute atomic E-state index is 0.108. The molecule has 4 aliphatic rings. The maximum Gasteiger partial charge on any atom is 0.306 e. The second-order valence-corrected chi connectivity index (χ2v) is 13.1. The zero-order valence-corrected chi connectivity index (χ0v) is 28.6. The summed E-state index contributed by atoms with van der Waals surface area (Å²) in [6.07, 6.45) is 1.19. The molecule has 0 aromatic rings. The molecule has 0 aromatic heterocycles. The molecule has 14 nitrogen and oxygen atoms in total. The third kappa shape index (κ3) is 13.8. The van der Waals surface area contributed by atoms with Gasteiger partial charge in [-0.05, 0) is 12.8 Å². The van der Waals surface area contributed by atoms with Crippen molar-refractivity contribution in [3.05, 3.63) is 0 Å². The van der Waals surface area contributed by atoms with Crippen LogP contribution in [-0.2, 0) is 47.5 Å². The second-order valence-electron chi connectivity index (χ2n) is 13.1. The minimum Gasteiger partial charge on any atom is -0.463 e. The van der Waals surface area contributed by atoms with Crippen LogP contribution in [0.5, 0.6) is 0 Å². The quantitative estimate of drug-likeness (QED) is 0.248. The van der Waals surface area contributed by atoms with Gasteiger partial charge in [0.2, 0.25) is 0 Å². The Kier molecular flexibility index (Phi) is 18.6. The predicted molar refractivity (Wildman–Crippen MR) is 169 cm³/mol. The first-order valence-corrected chi connectivity index (χ1v) is 17.8. The van der Waals surface area contributed by atoms with E-state index in [1.165, 1.54) is 58.8 Å². The molecule has 14 heteroatoms. The van der Waals surface area contributed by atoms with E-state index in [1.54, 1.807) is 0 Å². The highest BCUT2D eigenvalue weighted by Gasteiger charge is 2.52. The molecule has 4 rings (SSSR count). The lowest BCUT2D eigenvalue weighted by Gasteiger charge is -2.46. The molecule has 0 unspecified atom stereocenters. The molecule has 4 saturated heterocycles. The fourth-order valence-corrected chi connectivity index (χ4v) is 6.25. The highest BCUT2D eigenvalue weighted by atomic mass is 16.8. The highest BCUT2D eigenvalue weighted by molar-refractivity contribution is 5.69. The SMILES string of the molecule is CC(=O)OC[C@H]1O[C@H]2OCCCCCCCCCCCCCCCCCC(=O)O[C@H]3[C@H](O)[C@@H](O)[C@H](O[C@@H]2[C@@H](O)[C@@H]1O)O[C@@H]3COC(C)=O. The lowest BCUT2D eigenvalue weighted by molar-refractivity contribution is -0.367. The summed E-state index contributed by atoms with van der Waals surface area (Å²) in [5.41, 5.74) is 0. The molecule has 0 spiro atoms.